The SMILES string of the molecule is O=C(OCc1ccccc1)N1Cc2ncnc(Cl)c2C1. The van der Waals surface area contributed by atoms with Crippen LogP contribution < -0.4 is 0 Å². The van der Waals surface area contributed by atoms with Gasteiger partial charge >= 0.3 is 6.09 Å². The Balaban J connectivity index is 1.62. The van der Waals surface area contributed by atoms with E-state index in [1.165, 1.54) is 6.33 Å². The predicted octanol–water partition coefficient (Wildman–Crippen LogP) is 2.78. The van der Waals surface area contributed by atoms with Crippen molar-refractivity contribution in [2.24, 2.45) is 0 Å². The molecule has 1 amide bonds. The number of hydrogen-bond acceptors (Lipinski definition) is 4. The zero-order chi connectivity index (χ0) is 13.9. The molecule has 1 aromatic heterocycles. The second kappa shape index (κ2) is 5.46. The Morgan fingerprint density at radius 1 is 1.25 bits per heavy atom. The Bertz CT molecular complexity index is 634. The van der Waals surface area contributed by atoms with Gasteiger partial charge in [-0.25, -0.2) is 14.8 Å². The molecule has 1 aliphatic heterocycles. The van der Waals surface area contributed by atoms with Gasteiger partial charge in [-0.3, -0.25) is 4.90 Å². The van der Waals surface area contributed by atoms with Crippen molar-refractivity contribution in [3.63, 3.8) is 0 Å². The molecule has 0 radical (unpaired) electrons. The minimum Gasteiger partial charge on any atom is -0.445 e. The van der Waals surface area contributed by atoms with E-state index < -0.39 is 0 Å². The molecule has 0 fully saturated rings. The van der Waals surface area contributed by atoms with Crippen molar-refractivity contribution in [3.8, 4) is 0 Å². The summed E-state index contributed by atoms with van der Waals surface area (Å²) in [5.74, 6) is 0. The maximum atomic E-state index is 12.0. The minimum atomic E-state index is -0.372. The van der Waals surface area contributed by atoms with Crippen LogP contribution in [-0.2, 0) is 24.4 Å². The van der Waals surface area contributed by atoms with E-state index in [1.54, 1.807) is 4.90 Å². The van der Waals surface area contributed by atoms with Crippen LogP contribution in [0.1, 0.15) is 16.8 Å². The summed E-state index contributed by atoms with van der Waals surface area (Å²) in [6, 6.07) is 9.56. The number of carbonyl (C=O) groups is 1. The van der Waals surface area contributed by atoms with Gasteiger partial charge in [0.1, 0.15) is 18.1 Å². The van der Waals surface area contributed by atoms with Gasteiger partial charge in [-0.15, -0.1) is 0 Å². The quantitative estimate of drug-likeness (QED) is 0.798. The first-order chi connectivity index (χ1) is 9.74. The lowest BCUT2D eigenvalue weighted by atomic mass is 10.2. The summed E-state index contributed by atoms with van der Waals surface area (Å²) in [5, 5.41) is 0.397. The van der Waals surface area contributed by atoms with E-state index in [0.29, 0.717) is 18.2 Å². The minimum absolute atomic E-state index is 0.256. The molecule has 0 saturated heterocycles. The van der Waals surface area contributed by atoms with Crippen LogP contribution in [0.2, 0.25) is 5.15 Å². The molecule has 0 saturated carbocycles. The molecular weight excluding hydrogens is 278 g/mol. The van der Waals surface area contributed by atoms with Crippen LogP contribution in [0.4, 0.5) is 4.79 Å². The summed E-state index contributed by atoms with van der Waals surface area (Å²) in [6.07, 6.45) is 1.03. The molecule has 1 aliphatic rings. The normalized spacial score (nSPS) is 13.2. The molecule has 20 heavy (non-hydrogen) atoms. The monoisotopic (exact) mass is 289 g/mol. The number of fused-ring (bicyclic) bond motifs is 1. The highest BCUT2D eigenvalue weighted by atomic mass is 35.5. The Morgan fingerprint density at radius 3 is 2.80 bits per heavy atom. The van der Waals surface area contributed by atoms with Crippen molar-refractivity contribution in [3.05, 3.63) is 58.6 Å². The zero-order valence-corrected chi connectivity index (χ0v) is 11.4. The van der Waals surface area contributed by atoms with E-state index in [2.05, 4.69) is 9.97 Å². The highest BCUT2D eigenvalue weighted by Crippen LogP contribution is 2.26. The number of aromatic nitrogens is 2. The molecule has 6 heteroatoms. The van der Waals surface area contributed by atoms with Gasteiger partial charge in [-0.2, -0.15) is 0 Å². The number of amides is 1. The van der Waals surface area contributed by atoms with Gasteiger partial charge in [-0.05, 0) is 5.56 Å². The lowest BCUT2D eigenvalue weighted by molar-refractivity contribution is 0.0953. The Labute approximate surface area is 121 Å². The predicted molar refractivity (Wildman–Crippen MR) is 72.9 cm³/mol. The third kappa shape index (κ3) is 2.58. The van der Waals surface area contributed by atoms with Crippen molar-refractivity contribution in [2.75, 3.05) is 0 Å². The Kier molecular flexibility index (Phi) is 3.52. The molecule has 5 nitrogen and oxygen atoms in total. The van der Waals surface area contributed by atoms with Crippen molar-refractivity contribution >= 4 is 17.7 Å². The second-order valence-electron chi connectivity index (χ2n) is 4.49. The van der Waals surface area contributed by atoms with E-state index in [0.717, 1.165) is 16.8 Å². The Hall–Kier alpha value is -2.14. The van der Waals surface area contributed by atoms with Crippen LogP contribution in [0.15, 0.2) is 36.7 Å². The van der Waals surface area contributed by atoms with Crippen molar-refractivity contribution in [2.45, 2.75) is 19.7 Å². The molecule has 3 rings (SSSR count). The first-order valence-electron chi connectivity index (χ1n) is 6.18. The van der Waals surface area contributed by atoms with Gasteiger partial charge in [0.15, 0.2) is 0 Å². The summed E-state index contributed by atoms with van der Waals surface area (Å²) in [7, 11) is 0. The summed E-state index contributed by atoms with van der Waals surface area (Å²) in [6.45, 7) is 1.06. The molecule has 1 aromatic carbocycles. The molecule has 102 valence electrons. The number of rotatable bonds is 2. The third-order valence-corrected chi connectivity index (χ3v) is 3.46. The molecule has 0 unspecified atom stereocenters. The van der Waals surface area contributed by atoms with Gasteiger partial charge < -0.3 is 4.74 Å². The standard InChI is InChI=1S/C14H12ClN3O2/c15-13-11-6-18(7-12(11)16-9-17-13)14(19)20-8-10-4-2-1-3-5-10/h1-5,9H,6-8H2. The highest BCUT2D eigenvalue weighted by molar-refractivity contribution is 6.30. The number of carbonyl (C=O) groups excluding carboxylic acids is 1. The van der Waals surface area contributed by atoms with Gasteiger partial charge in [0.25, 0.3) is 0 Å². The number of nitrogens with zero attached hydrogens (tertiary/aromatic N) is 3. The lowest BCUT2D eigenvalue weighted by Gasteiger charge is -2.15. The smallest absolute Gasteiger partial charge is 0.410 e. The second-order valence-corrected chi connectivity index (χ2v) is 4.84. The van der Waals surface area contributed by atoms with Gasteiger partial charge in [0, 0.05) is 5.56 Å². The van der Waals surface area contributed by atoms with Crippen molar-refractivity contribution < 1.29 is 9.53 Å². The van der Waals surface area contributed by atoms with E-state index in [1.807, 2.05) is 30.3 Å². The van der Waals surface area contributed by atoms with Crippen LogP contribution in [-0.4, -0.2) is 21.0 Å². The topological polar surface area (TPSA) is 55.3 Å². The summed E-state index contributed by atoms with van der Waals surface area (Å²) >= 11 is 5.98. The van der Waals surface area contributed by atoms with Crippen molar-refractivity contribution in [1.29, 1.82) is 0 Å². The lowest BCUT2D eigenvalue weighted by Crippen LogP contribution is -2.26. The molecule has 0 aliphatic carbocycles. The number of halogens is 1. The largest absolute Gasteiger partial charge is 0.445 e. The van der Waals surface area contributed by atoms with Crippen LogP contribution in [0.5, 0.6) is 0 Å². The average molecular weight is 290 g/mol. The van der Waals surface area contributed by atoms with Gasteiger partial charge in [-0.1, -0.05) is 41.9 Å². The molecule has 0 N–H and O–H groups in total. The highest BCUT2D eigenvalue weighted by Gasteiger charge is 2.27. The van der Waals surface area contributed by atoms with E-state index in [9.17, 15) is 4.79 Å². The first-order valence-corrected chi connectivity index (χ1v) is 6.55. The Morgan fingerprint density at radius 2 is 2.05 bits per heavy atom. The molecule has 2 heterocycles. The van der Waals surface area contributed by atoms with Crippen LogP contribution in [0, 0.1) is 0 Å². The zero-order valence-electron chi connectivity index (χ0n) is 10.6. The summed E-state index contributed by atoms with van der Waals surface area (Å²) in [5.41, 5.74) is 2.53. The maximum absolute atomic E-state index is 12.0. The van der Waals surface area contributed by atoms with Crippen LogP contribution in [0.3, 0.4) is 0 Å². The molecule has 2 aromatic rings. The number of hydrogen-bond donors (Lipinski definition) is 0. The van der Waals surface area contributed by atoms with Crippen molar-refractivity contribution in [1.82, 2.24) is 14.9 Å². The van der Waals surface area contributed by atoms with Crippen LogP contribution in [0.25, 0.3) is 0 Å². The fourth-order valence-corrected chi connectivity index (χ4v) is 2.30. The van der Waals surface area contributed by atoms with E-state index >= 15 is 0 Å². The van der Waals surface area contributed by atoms with Crippen LogP contribution >= 0.6 is 11.6 Å². The average Bonchev–Trinajstić information content (AvgIpc) is 2.91. The van der Waals surface area contributed by atoms with E-state index in [4.69, 9.17) is 16.3 Å². The third-order valence-electron chi connectivity index (χ3n) is 3.13. The number of ether oxygens (including phenoxy) is 1. The number of benzene rings is 1. The maximum Gasteiger partial charge on any atom is 0.410 e. The first kappa shape index (κ1) is 12.9. The summed E-state index contributed by atoms with van der Waals surface area (Å²) < 4.78 is 5.28. The fourth-order valence-electron chi connectivity index (χ4n) is 2.08. The molecule has 0 spiro atoms. The summed E-state index contributed by atoms with van der Waals surface area (Å²) in [4.78, 5) is 21.6. The van der Waals surface area contributed by atoms with Gasteiger partial charge in [0.2, 0.25) is 0 Å². The van der Waals surface area contributed by atoms with E-state index in [-0.39, 0.29) is 12.7 Å². The molecule has 0 bridgehead atoms. The van der Waals surface area contributed by atoms with Gasteiger partial charge in [0.05, 0.1) is 18.8 Å². The fraction of sp³-hybridized carbons (Fsp3) is 0.214. The molecule has 0 atom stereocenters. The molecular formula is C14H12ClN3O2.